The second kappa shape index (κ2) is 8.87. The number of piperidine rings is 1. The molecule has 1 amide bonds. The van der Waals surface area contributed by atoms with Crippen molar-refractivity contribution in [3.63, 3.8) is 0 Å². The van der Waals surface area contributed by atoms with Crippen molar-refractivity contribution in [2.45, 2.75) is 26.3 Å². The van der Waals surface area contributed by atoms with Crippen LogP contribution < -0.4 is 10.9 Å². The molecule has 0 unspecified atom stereocenters. The molecule has 6 heteroatoms. The molecular weight excluding hydrogens is 412 g/mol. The molecule has 0 atom stereocenters. The van der Waals surface area contributed by atoms with Gasteiger partial charge in [-0.3, -0.25) is 14.5 Å². The van der Waals surface area contributed by atoms with Gasteiger partial charge in [0.1, 0.15) is 5.69 Å². The van der Waals surface area contributed by atoms with Gasteiger partial charge in [0.15, 0.2) is 0 Å². The molecule has 33 heavy (non-hydrogen) atoms. The second-order valence-electron chi connectivity index (χ2n) is 9.27. The van der Waals surface area contributed by atoms with Crippen LogP contribution in [-0.2, 0) is 13.6 Å². The van der Waals surface area contributed by atoms with Gasteiger partial charge in [0.2, 0.25) is 0 Å². The Hall–Kier alpha value is -3.38. The van der Waals surface area contributed by atoms with Gasteiger partial charge in [0.25, 0.3) is 11.5 Å². The summed E-state index contributed by atoms with van der Waals surface area (Å²) in [5.74, 6) is 0.348. The monoisotopic (exact) mass is 442 g/mol. The lowest BCUT2D eigenvalue weighted by atomic mass is 9.96. The van der Waals surface area contributed by atoms with Crippen LogP contribution in [0.1, 0.15) is 34.5 Å². The lowest BCUT2D eigenvalue weighted by Gasteiger charge is -2.32. The number of nitrogens with zero attached hydrogens (tertiary/aromatic N) is 2. The zero-order valence-corrected chi connectivity index (χ0v) is 19.2. The fourth-order valence-corrected chi connectivity index (χ4v) is 5.05. The van der Waals surface area contributed by atoms with E-state index in [2.05, 4.69) is 46.4 Å². The molecule has 1 saturated heterocycles. The van der Waals surface area contributed by atoms with Crippen LogP contribution in [0.4, 0.5) is 0 Å². The first-order valence-corrected chi connectivity index (χ1v) is 11.7. The van der Waals surface area contributed by atoms with Crippen LogP contribution in [-0.4, -0.2) is 40.0 Å². The Morgan fingerprint density at radius 1 is 1.06 bits per heavy atom. The smallest absolute Gasteiger partial charge is 0.267 e. The van der Waals surface area contributed by atoms with Crippen molar-refractivity contribution >= 4 is 27.7 Å². The maximum atomic E-state index is 13.0. The first-order valence-electron chi connectivity index (χ1n) is 11.7. The zero-order valence-electron chi connectivity index (χ0n) is 19.2. The van der Waals surface area contributed by atoms with Crippen molar-refractivity contribution in [2.75, 3.05) is 19.6 Å². The van der Waals surface area contributed by atoms with Crippen LogP contribution in [0, 0.1) is 12.8 Å². The molecule has 1 aliphatic heterocycles. The Bertz CT molecular complexity index is 1380. The summed E-state index contributed by atoms with van der Waals surface area (Å²) in [6.07, 6.45) is 2.15. The molecule has 0 aliphatic carbocycles. The quantitative estimate of drug-likeness (QED) is 0.491. The van der Waals surface area contributed by atoms with E-state index >= 15 is 0 Å². The van der Waals surface area contributed by atoms with Crippen LogP contribution in [0.15, 0.2) is 59.4 Å². The molecule has 5 rings (SSSR count). The number of carbonyl (C=O) groups excluding carboxylic acids is 1. The number of aromatic nitrogens is 2. The van der Waals surface area contributed by atoms with E-state index in [1.165, 1.54) is 11.1 Å². The Balaban J connectivity index is 1.23. The number of hydrogen-bond acceptors (Lipinski definition) is 3. The molecule has 0 radical (unpaired) electrons. The summed E-state index contributed by atoms with van der Waals surface area (Å²) >= 11 is 0. The molecule has 1 fully saturated rings. The fourth-order valence-electron chi connectivity index (χ4n) is 5.05. The number of amides is 1. The SMILES string of the molecule is Cc1cccc(CN2CCC(CNC(=O)c3cc4c(=O)[nH]c5ccccc5c4n3C)CC2)c1. The number of carbonyl (C=O) groups is 1. The van der Waals surface area contributed by atoms with Crippen LogP contribution in [0.5, 0.6) is 0 Å². The van der Waals surface area contributed by atoms with E-state index in [0.29, 0.717) is 23.5 Å². The zero-order chi connectivity index (χ0) is 22.9. The van der Waals surface area contributed by atoms with E-state index in [0.717, 1.165) is 48.9 Å². The van der Waals surface area contributed by atoms with Crippen molar-refractivity contribution in [1.82, 2.24) is 19.8 Å². The van der Waals surface area contributed by atoms with E-state index in [-0.39, 0.29) is 11.5 Å². The van der Waals surface area contributed by atoms with Gasteiger partial charge in [-0.15, -0.1) is 0 Å². The van der Waals surface area contributed by atoms with Gasteiger partial charge in [-0.1, -0.05) is 48.0 Å². The van der Waals surface area contributed by atoms with Gasteiger partial charge in [-0.2, -0.15) is 0 Å². The molecule has 1 aliphatic rings. The number of aromatic amines is 1. The molecule has 6 nitrogen and oxygen atoms in total. The minimum atomic E-state index is -0.167. The standard InChI is InChI=1S/C27H30N4O2/c1-18-6-5-7-20(14-18)17-31-12-10-19(11-13-31)16-28-27(33)24-15-22-25(30(24)2)21-8-3-4-9-23(21)29-26(22)32/h3-9,14-15,19H,10-13,16-17H2,1-2H3,(H,28,33)(H,29,32). The number of likely N-dealkylation sites (tertiary alicyclic amines) is 1. The molecular formula is C27H30N4O2. The van der Waals surface area contributed by atoms with Crippen LogP contribution in [0.25, 0.3) is 21.8 Å². The molecule has 3 heterocycles. The third kappa shape index (κ3) is 4.31. The molecule has 2 aromatic carbocycles. The van der Waals surface area contributed by atoms with E-state index < -0.39 is 0 Å². The number of fused-ring (bicyclic) bond motifs is 3. The summed E-state index contributed by atoms with van der Waals surface area (Å²) in [5.41, 5.74) is 4.58. The van der Waals surface area contributed by atoms with Crippen LogP contribution in [0.3, 0.4) is 0 Å². The Kier molecular flexibility index (Phi) is 5.77. The highest BCUT2D eigenvalue weighted by Gasteiger charge is 2.22. The normalized spacial score (nSPS) is 15.3. The number of H-pyrrole nitrogens is 1. The van der Waals surface area contributed by atoms with E-state index in [1.807, 2.05) is 35.9 Å². The van der Waals surface area contributed by atoms with Gasteiger partial charge in [0.05, 0.1) is 16.4 Å². The average molecular weight is 443 g/mol. The highest BCUT2D eigenvalue weighted by Crippen LogP contribution is 2.24. The number of nitrogens with one attached hydrogen (secondary N) is 2. The summed E-state index contributed by atoms with van der Waals surface area (Å²) in [6.45, 7) is 5.87. The first kappa shape index (κ1) is 21.5. The van der Waals surface area contributed by atoms with Crippen molar-refractivity contribution in [2.24, 2.45) is 13.0 Å². The summed E-state index contributed by atoms with van der Waals surface area (Å²) in [6, 6.07) is 18.1. The highest BCUT2D eigenvalue weighted by molar-refractivity contribution is 6.07. The summed E-state index contributed by atoms with van der Waals surface area (Å²) in [4.78, 5) is 31.0. The topological polar surface area (TPSA) is 70.1 Å². The van der Waals surface area contributed by atoms with E-state index in [1.54, 1.807) is 6.07 Å². The molecule has 2 aromatic heterocycles. The maximum absolute atomic E-state index is 13.0. The number of pyridine rings is 1. The Morgan fingerprint density at radius 2 is 1.85 bits per heavy atom. The number of para-hydroxylation sites is 1. The van der Waals surface area contributed by atoms with Crippen molar-refractivity contribution < 1.29 is 4.79 Å². The summed E-state index contributed by atoms with van der Waals surface area (Å²) in [5, 5.41) is 4.61. The third-order valence-electron chi connectivity index (χ3n) is 6.89. The van der Waals surface area contributed by atoms with E-state index in [4.69, 9.17) is 0 Å². The van der Waals surface area contributed by atoms with Gasteiger partial charge >= 0.3 is 0 Å². The van der Waals surface area contributed by atoms with Gasteiger partial charge in [-0.05, 0) is 56.5 Å². The predicted octanol–water partition coefficient (Wildman–Crippen LogP) is 3.97. The third-order valence-corrected chi connectivity index (χ3v) is 6.89. The summed E-state index contributed by atoms with van der Waals surface area (Å²) in [7, 11) is 1.85. The molecule has 4 aromatic rings. The van der Waals surface area contributed by atoms with Crippen molar-refractivity contribution in [3.05, 3.63) is 81.8 Å². The summed E-state index contributed by atoms with van der Waals surface area (Å²) < 4.78 is 1.84. The van der Waals surface area contributed by atoms with Crippen LogP contribution in [0.2, 0.25) is 0 Å². The average Bonchev–Trinajstić information content (AvgIpc) is 3.17. The minimum absolute atomic E-state index is 0.126. The molecule has 0 spiro atoms. The molecule has 0 bridgehead atoms. The Labute approximate surface area is 193 Å². The number of hydrogen-bond donors (Lipinski definition) is 2. The first-order chi connectivity index (χ1) is 16.0. The minimum Gasteiger partial charge on any atom is -0.350 e. The van der Waals surface area contributed by atoms with E-state index in [9.17, 15) is 9.59 Å². The van der Waals surface area contributed by atoms with Gasteiger partial charge in [-0.25, -0.2) is 0 Å². The highest BCUT2D eigenvalue weighted by atomic mass is 16.2. The van der Waals surface area contributed by atoms with Crippen molar-refractivity contribution in [1.29, 1.82) is 0 Å². The number of rotatable bonds is 5. The number of aryl methyl sites for hydroxylation is 2. The second-order valence-corrected chi connectivity index (χ2v) is 9.27. The van der Waals surface area contributed by atoms with Gasteiger partial charge in [0, 0.05) is 25.5 Å². The van der Waals surface area contributed by atoms with Crippen LogP contribution >= 0.6 is 0 Å². The predicted molar refractivity (Wildman–Crippen MR) is 133 cm³/mol. The largest absolute Gasteiger partial charge is 0.350 e. The molecule has 170 valence electrons. The fraction of sp³-hybridized carbons (Fsp3) is 0.333. The molecule has 0 saturated carbocycles. The molecule has 2 N–H and O–H groups in total. The number of benzene rings is 2. The maximum Gasteiger partial charge on any atom is 0.267 e. The lowest BCUT2D eigenvalue weighted by Crippen LogP contribution is -2.38. The Morgan fingerprint density at radius 3 is 2.64 bits per heavy atom. The van der Waals surface area contributed by atoms with Crippen molar-refractivity contribution in [3.8, 4) is 0 Å². The lowest BCUT2D eigenvalue weighted by molar-refractivity contribution is 0.0927. The van der Waals surface area contributed by atoms with Gasteiger partial charge < -0.3 is 14.9 Å².